The fourth-order valence-corrected chi connectivity index (χ4v) is 3.22. The first-order chi connectivity index (χ1) is 15.0. The van der Waals surface area contributed by atoms with E-state index in [0.29, 0.717) is 34.3 Å². The van der Waals surface area contributed by atoms with Gasteiger partial charge in [-0.25, -0.2) is 0 Å². The lowest BCUT2D eigenvalue weighted by Gasteiger charge is -2.07. The number of aromatic nitrogens is 3. The van der Waals surface area contributed by atoms with Crippen molar-refractivity contribution in [3.05, 3.63) is 94.1 Å². The van der Waals surface area contributed by atoms with Gasteiger partial charge >= 0.3 is 0 Å². The maximum Gasteiger partial charge on any atom is 0.278 e. The highest BCUT2D eigenvalue weighted by atomic mass is 35.5. The van der Waals surface area contributed by atoms with E-state index >= 15 is 0 Å². The van der Waals surface area contributed by atoms with E-state index in [1.807, 2.05) is 12.1 Å². The van der Waals surface area contributed by atoms with E-state index in [4.69, 9.17) is 20.9 Å². The third kappa shape index (κ3) is 4.95. The lowest BCUT2D eigenvalue weighted by molar-refractivity contribution is 0.101. The van der Waals surface area contributed by atoms with Gasteiger partial charge < -0.3 is 14.6 Å². The lowest BCUT2D eigenvalue weighted by Crippen LogP contribution is -2.15. The Labute approximate surface area is 184 Å². The first-order valence-corrected chi connectivity index (χ1v) is 10.1. The Kier molecular flexibility index (Phi) is 6.04. The Morgan fingerprint density at radius 2 is 1.94 bits per heavy atom. The minimum absolute atomic E-state index is 0.145. The molecular formula is C23H21ClN4O3. The monoisotopic (exact) mass is 436 g/mol. The third-order valence-corrected chi connectivity index (χ3v) is 5.13. The van der Waals surface area contributed by atoms with Crippen molar-refractivity contribution in [2.24, 2.45) is 0 Å². The van der Waals surface area contributed by atoms with Gasteiger partial charge in [0.1, 0.15) is 18.1 Å². The van der Waals surface area contributed by atoms with E-state index in [2.05, 4.69) is 34.6 Å². The summed E-state index contributed by atoms with van der Waals surface area (Å²) < 4.78 is 12.8. The fraction of sp³-hybridized carbons (Fsp3) is 0.174. The lowest BCUT2D eigenvalue weighted by atomic mass is 10.1. The molecule has 4 aromatic rings. The molecule has 2 aromatic heterocycles. The van der Waals surface area contributed by atoms with Gasteiger partial charge in [-0.15, -0.1) is 0 Å². The minimum atomic E-state index is -0.387. The number of hydrogen-bond donors (Lipinski definition) is 1. The quantitative estimate of drug-likeness (QED) is 0.439. The van der Waals surface area contributed by atoms with Crippen molar-refractivity contribution in [1.29, 1.82) is 0 Å². The summed E-state index contributed by atoms with van der Waals surface area (Å²) in [6.07, 6.45) is 3.38. The van der Waals surface area contributed by atoms with Gasteiger partial charge in [0.25, 0.3) is 5.91 Å². The fourth-order valence-electron chi connectivity index (χ4n) is 3.09. The van der Waals surface area contributed by atoms with Crippen molar-refractivity contribution in [2.75, 3.05) is 5.32 Å². The second-order valence-electron chi connectivity index (χ2n) is 7.12. The molecule has 0 saturated carbocycles. The number of ether oxygens (including phenoxy) is 1. The predicted molar refractivity (Wildman–Crippen MR) is 117 cm³/mol. The molecule has 0 saturated heterocycles. The number of nitrogens with one attached hydrogen (secondary N) is 1. The zero-order chi connectivity index (χ0) is 21.8. The summed E-state index contributed by atoms with van der Waals surface area (Å²) in [6.45, 7) is 4.56. The van der Waals surface area contributed by atoms with Gasteiger partial charge in [0.05, 0.1) is 24.0 Å². The number of hydrogen-bond acceptors (Lipinski definition) is 5. The normalized spacial score (nSPS) is 10.8. The molecule has 8 heteroatoms. The van der Waals surface area contributed by atoms with Crippen LogP contribution in [0.2, 0.25) is 5.02 Å². The molecule has 0 aliphatic rings. The minimum Gasteiger partial charge on any atom is -0.489 e. The van der Waals surface area contributed by atoms with Crippen LogP contribution in [-0.2, 0) is 13.2 Å². The molecule has 158 valence electrons. The van der Waals surface area contributed by atoms with Gasteiger partial charge in [0.15, 0.2) is 5.69 Å². The van der Waals surface area contributed by atoms with Crippen LogP contribution in [0, 0.1) is 13.8 Å². The number of amides is 1. The van der Waals surface area contributed by atoms with Crippen LogP contribution in [0.5, 0.6) is 5.75 Å². The van der Waals surface area contributed by atoms with Crippen LogP contribution >= 0.6 is 11.6 Å². The molecule has 31 heavy (non-hydrogen) atoms. The van der Waals surface area contributed by atoms with Crippen molar-refractivity contribution >= 4 is 23.2 Å². The summed E-state index contributed by atoms with van der Waals surface area (Å²) in [5.74, 6) is 0.769. The third-order valence-electron chi connectivity index (χ3n) is 4.88. The largest absolute Gasteiger partial charge is 0.489 e. The number of aryl methyl sites for hydroxylation is 2. The Balaban J connectivity index is 1.43. The summed E-state index contributed by atoms with van der Waals surface area (Å²) in [5.41, 5.74) is 3.69. The SMILES string of the molecule is Cc1ccccc1Cn1cc(NC(=O)c2noc(C)c2COc2ccc(Cl)cc2)cn1. The summed E-state index contributed by atoms with van der Waals surface area (Å²) in [6, 6.07) is 15.1. The molecular weight excluding hydrogens is 416 g/mol. The van der Waals surface area contributed by atoms with Crippen molar-refractivity contribution in [2.45, 2.75) is 27.0 Å². The van der Waals surface area contributed by atoms with E-state index in [9.17, 15) is 4.79 Å². The second kappa shape index (κ2) is 9.06. The Morgan fingerprint density at radius 3 is 2.71 bits per heavy atom. The molecule has 4 rings (SSSR count). The van der Waals surface area contributed by atoms with E-state index in [0.717, 1.165) is 5.56 Å². The number of anilines is 1. The summed E-state index contributed by atoms with van der Waals surface area (Å²) >= 11 is 5.89. The molecule has 2 heterocycles. The number of halogens is 1. The average Bonchev–Trinajstić information content (AvgIpc) is 3.35. The van der Waals surface area contributed by atoms with Crippen LogP contribution in [0.4, 0.5) is 5.69 Å². The van der Waals surface area contributed by atoms with Crippen LogP contribution < -0.4 is 10.1 Å². The van der Waals surface area contributed by atoms with Crippen molar-refractivity contribution in [3.63, 3.8) is 0 Å². The van der Waals surface area contributed by atoms with Crippen LogP contribution in [0.3, 0.4) is 0 Å². The zero-order valence-corrected chi connectivity index (χ0v) is 17.9. The number of rotatable bonds is 7. The topological polar surface area (TPSA) is 82.2 Å². The van der Waals surface area contributed by atoms with Crippen molar-refractivity contribution < 1.29 is 14.1 Å². The maximum absolute atomic E-state index is 12.8. The molecule has 1 N–H and O–H groups in total. The first kappa shape index (κ1) is 20.7. The second-order valence-corrected chi connectivity index (χ2v) is 7.55. The van der Waals surface area contributed by atoms with Crippen LogP contribution in [0.25, 0.3) is 0 Å². The number of carbonyl (C=O) groups is 1. The van der Waals surface area contributed by atoms with E-state index in [1.165, 1.54) is 5.56 Å². The smallest absolute Gasteiger partial charge is 0.278 e. The van der Waals surface area contributed by atoms with Crippen molar-refractivity contribution in [3.8, 4) is 5.75 Å². The van der Waals surface area contributed by atoms with E-state index in [1.54, 1.807) is 48.3 Å². The molecule has 0 radical (unpaired) electrons. The first-order valence-electron chi connectivity index (χ1n) is 9.71. The van der Waals surface area contributed by atoms with Gasteiger partial charge in [-0.05, 0) is 49.2 Å². The molecule has 2 aromatic carbocycles. The number of nitrogens with zero attached hydrogens (tertiary/aromatic N) is 3. The molecule has 7 nitrogen and oxygen atoms in total. The molecule has 0 atom stereocenters. The van der Waals surface area contributed by atoms with Crippen LogP contribution in [0.1, 0.15) is 32.9 Å². The highest BCUT2D eigenvalue weighted by Crippen LogP contribution is 2.21. The molecule has 0 bridgehead atoms. The molecule has 0 spiro atoms. The highest BCUT2D eigenvalue weighted by molar-refractivity contribution is 6.30. The molecule has 0 unspecified atom stereocenters. The predicted octanol–water partition coefficient (Wildman–Crippen LogP) is 5.02. The molecule has 1 amide bonds. The summed E-state index contributed by atoms with van der Waals surface area (Å²) in [5, 5.41) is 11.7. The molecule has 0 aliphatic carbocycles. The Bertz CT molecular complexity index is 1200. The summed E-state index contributed by atoms with van der Waals surface area (Å²) in [7, 11) is 0. The molecule has 0 fully saturated rings. The van der Waals surface area contributed by atoms with E-state index < -0.39 is 0 Å². The standard InChI is InChI=1S/C23H21ClN4O3/c1-15-5-3-4-6-17(15)12-28-13-19(11-25-28)26-23(29)22-21(16(2)31-27-22)14-30-20-9-7-18(24)8-10-20/h3-11,13H,12,14H2,1-2H3,(H,26,29). The van der Waals surface area contributed by atoms with Gasteiger partial charge in [-0.3, -0.25) is 9.48 Å². The molecule has 0 aliphatic heterocycles. The van der Waals surface area contributed by atoms with Crippen LogP contribution in [-0.4, -0.2) is 20.8 Å². The Hall–Kier alpha value is -3.58. The number of carbonyl (C=O) groups excluding carboxylic acids is 1. The van der Waals surface area contributed by atoms with Gasteiger partial charge in [0, 0.05) is 11.2 Å². The average molecular weight is 437 g/mol. The van der Waals surface area contributed by atoms with Crippen molar-refractivity contribution in [1.82, 2.24) is 14.9 Å². The maximum atomic E-state index is 12.8. The van der Waals surface area contributed by atoms with Crippen LogP contribution in [0.15, 0.2) is 65.4 Å². The van der Waals surface area contributed by atoms with Gasteiger partial charge in [-0.2, -0.15) is 5.10 Å². The summed E-state index contributed by atoms with van der Waals surface area (Å²) in [4.78, 5) is 12.8. The Morgan fingerprint density at radius 1 is 1.16 bits per heavy atom. The van der Waals surface area contributed by atoms with Gasteiger partial charge in [-0.1, -0.05) is 41.0 Å². The zero-order valence-electron chi connectivity index (χ0n) is 17.1. The highest BCUT2D eigenvalue weighted by Gasteiger charge is 2.21. The van der Waals surface area contributed by atoms with Gasteiger partial charge in [0.2, 0.25) is 0 Å². The van der Waals surface area contributed by atoms with E-state index in [-0.39, 0.29) is 18.2 Å². The number of benzene rings is 2.